The van der Waals surface area contributed by atoms with Crippen molar-refractivity contribution in [3.05, 3.63) is 65.0 Å². The van der Waals surface area contributed by atoms with E-state index in [0.29, 0.717) is 37.4 Å². The molecule has 1 aliphatic rings. The van der Waals surface area contributed by atoms with E-state index in [2.05, 4.69) is 19.2 Å². The first-order chi connectivity index (χ1) is 14.2. The maximum absolute atomic E-state index is 13.0. The van der Waals surface area contributed by atoms with Crippen molar-refractivity contribution in [1.82, 2.24) is 4.31 Å². The smallest absolute Gasteiger partial charge is 0.227 e. The maximum atomic E-state index is 13.0. The molecule has 2 aromatic rings. The minimum absolute atomic E-state index is 0.0539. The highest BCUT2D eigenvalue weighted by Gasteiger charge is 2.31. The Morgan fingerprint density at radius 1 is 1.13 bits per heavy atom. The van der Waals surface area contributed by atoms with E-state index in [1.54, 1.807) is 0 Å². The van der Waals surface area contributed by atoms with Crippen molar-refractivity contribution in [2.45, 2.75) is 45.3 Å². The molecule has 1 heterocycles. The summed E-state index contributed by atoms with van der Waals surface area (Å²) in [5.41, 5.74) is 3.54. The number of carbonyl (C=O) groups excluding carboxylic acids is 1. The molecule has 162 valence electrons. The topological polar surface area (TPSA) is 66.5 Å². The Labute approximate surface area is 178 Å². The average Bonchev–Trinajstić information content (AvgIpc) is 2.71. The van der Waals surface area contributed by atoms with Crippen molar-refractivity contribution in [3.63, 3.8) is 0 Å². The zero-order chi connectivity index (χ0) is 21.9. The number of anilines is 1. The molecule has 2 aromatic carbocycles. The van der Waals surface area contributed by atoms with Crippen molar-refractivity contribution in [1.29, 1.82) is 0 Å². The molecule has 30 heavy (non-hydrogen) atoms. The minimum atomic E-state index is -3.50. The van der Waals surface area contributed by atoms with E-state index in [4.69, 9.17) is 0 Å². The number of carbonyl (C=O) groups is 1. The molecule has 0 bridgehead atoms. The number of rotatable bonds is 6. The molecule has 1 amide bonds. The van der Waals surface area contributed by atoms with Crippen LogP contribution < -0.4 is 5.32 Å². The van der Waals surface area contributed by atoms with Gasteiger partial charge in [-0.15, -0.1) is 0 Å². The zero-order valence-corrected chi connectivity index (χ0v) is 18.5. The standard InChI is InChI=1S/C23H29FN2O3S/c1-16(2)21-6-4-5-17(3)22(21)25-23(27)19-11-13-26(14-12-19)30(28,29)15-18-7-9-20(24)10-8-18/h4-10,16,19H,11-15H2,1-3H3,(H,25,27). The minimum Gasteiger partial charge on any atom is -0.325 e. The molecule has 7 heteroatoms. The normalized spacial score (nSPS) is 16.0. The van der Waals surface area contributed by atoms with Crippen LogP contribution in [0.15, 0.2) is 42.5 Å². The van der Waals surface area contributed by atoms with Gasteiger partial charge in [0, 0.05) is 24.7 Å². The summed E-state index contributed by atoms with van der Waals surface area (Å²) in [5, 5.41) is 3.09. The molecular weight excluding hydrogens is 403 g/mol. The van der Waals surface area contributed by atoms with Crippen LogP contribution in [0.25, 0.3) is 0 Å². The van der Waals surface area contributed by atoms with Gasteiger partial charge in [-0.3, -0.25) is 4.79 Å². The monoisotopic (exact) mass is 432 g/mol. The fourth-order valence-corrected chi connectivity index (χ4v) is 5.41. The van der Waals surface area contributed by atoms with Crippen LogP contribution in [0.1, 0.15) is 49.3 Å². The number of sulfonamides is 1. The van der Waals surface area contributed by atoms with Gasteiger partial charge in [0.25, 0.3) is 0 Å². The fourth-order valence-electron chi connectivity index (χ4n) is 3.85. The number of amides is 1. The van der Waals surface area contributed by atoms with E-state index in [0.717, 1.165) is 16.8 Å². The summed E-state index contributed by atoms with van der Waals surface area (Å²) in [5.74, 6) is -0.537. The largest absolute Gasteiger partial charge is 0.325 e. The van der Waals surface area contributed by atoms with Gasteiger partial charge in [0.2, 0.25) is 15.9 Å². The number of para-hydroxylation sites is 1. The van der Waals surface area contributed by atoms with Crippen molar-refractivity contribution in [2.75, 3.05) is 18.4 Å². The highest BCUT2D eigenvalue weighted by atomic mass is 32.2. The molecule has 1 fully saturated rings. The van der Waals surface area contributed by atoms with Gasteiger partial charge >= 0.3 is 0 Å². The SMILES string of the molecule is Cc1cccc(C(C)C)c1NC(=O)C1CCN(S(=O)(=O)Cc2ccc(F)cc2)CC1. The van der Waals surface area contributed by atoms with E-state index in [-0.39, 0.29) is 17.6 Å². The summed E-state index contributed by atoms with van der Waals surface area (Å²) >= 11 is 0. The average molecular weight is 433 g/mol. The highest BCUT2D eigenvalue weighted by Crippen LogP contribution is 2.29. The third kappa shape index (κ3) is 5.26. The van der Waals surface area contributed by atoms with E-state index < -0.39 is 15.8 Å². The van der Waals surface area contributed by atoms with Gasteiger partial charge in [0.05, 0.1) is 5.75 Å². The predicted molar refractivity (Wildman–Crippen MR) is 117 cm³/mol. The Kier molecular flexibility index (Phi) is 6.93. The lowest BCUT2D eigenvalue weighted by molar-refractivity contribution is -0.120. The first-order valence-electron chi connectivity index (χ1n) is 10.3. The van der Waals surface area contributed by atoms with Crippen molar-refractivity contribution >= 4 is 21.6 Å². The molecule has 0 aliphatic carbocycles. The van der Waals surface area contributed by atoms with Gasteiger partial charge in [-0.1, -0.05) is 44.2 Å². The molecule has 0 saturated carbocycles. The molecule has 1 aliphatic heterocycles. The number of aryl methyl sites for hydroxylation is 1. The van der Waals surface area contributed by atoms with Crippen molar-refractivity contribution < 1.29 is 17.6 Å². The maximum Gasteiger partial charge on any atom is 0.227 e. The number of nitrogens with zero attached hydrogens (tertiary/aromatic N) is 1. The first kappa shape index (κ1) is 22.4. The number of benzene rings is 2. The van der Waals surface area contributed by atoms with Crippen LogP contribution in [0.2, 0.25) is 0 Å². The summed E-state index contributed by atoms with van der Waals surface area (Å²) in [6.07, 6.45) is 0.967. The van der Waals surface area contributed by atoms with Crippen LogP contribution in [-0.2, 0) is 20.6 Å². The van der Waals surface area contributed by atoms with Crippen LogP contribution in [0.3, 0.4) is 0 Å². The molecule has 0 atom stereocenters. The number of hydrogen-bond donors (Lipinski definition) is 1. The summed E-state index contributed by atoms with van der Waals surface area (Å²) in [4.78, 5) is 12.9. The molecule has 5 nitrogen and oxygen atoms in total. The molecule has 1 saturated heterocycles. The van der Waals surface area contributed by atoms with Gasteiger partial charge in [0.1, 0.15) is 5.82 Å². The number of halogens is 1. The third-order valence-electron chi connectivity index (χ3n) is 5.66. The number of piperidine rings is 1. The quantitative estimate of drug-likeness (QED) is 0.734. The van der Waals surface area contributed by atoms with Gasteiger partial charge in [0.15, 0.2) is 0 Å². The molecule has 0 spiro atoms. The summed E-state index contributed by atoms with van der Waals surface area (Å²) in [6, 6.07) is 11.5. The van der Waals surface area contributed by atoms with Gasteiger partial charge in [-0.2, -0.15) is 0 Å². The van der Waals surface area contributed by atoms with E-state index in [1.807, 2.05) is 25.1 Å². The third-order valence-corrected chi connectivity index (χ3v) is 7.51. The highest BCUT2D eigenvalue weighted by molar-refractivity contribution is 7.88. The second kappa shape index (κ2) is 9.27. The lowest BCUT2D eigenvalue weighted by atomic mass is 9.95. The van der Waals surface area contributed by atoms with Crippen LogP contribution in [-0.4, -0.2) is 31.7 Å². The second-order valence-electron chi connectivity index (χ2n) is 8.24. The van der Waals surface area contributed by atoms with Crippen LogP contribution in [0.5, 0.6) is 0 Å². The summed E-state index contributed by atoms with van der Waals surface area (Å²) < 4.78 is 39.9. The molecular formula is C23H29FN2O3S. The molecule has 0 radical (unpaired) electrons. The first-order valence-corrected chi connectivity index (χ1v) is 11.9. The Morgan fingerprint density at radius 2 is 1.77 bits per heavy atom. The van der Waals surface area contributed by atoms with Crippen LogP contribution in [0, 0.1) is 18.7 Å². The lowest BCUT2D eigenvalue weighted by Crippen LogP contribution is -2.42. The van der Waals surface area contributed by atoms with E-state index in [1.165, 1.54) is 28.6 Å². The Bertz CT molecular complexity index is 996. The molecule has 0 unspecified atom stereocenters. The fraction of sp³-hybridized carbons (Fsp3) is 0.435. The molecule has 0 aromatic heterocycles. The number of nitrogens with one attached hydrogen (secondary N) is 1. The van der Waals surface area contributed by atoms with Crippen molar-refractivity contribution in [2.24, 2.45) is 5.92 Å². The van der Waals surface area contributed by atoms with E-state index >= 15 is 0 Å². The number of hydrogen-bond acceptors (Lipinski definition) is 3. The van der Waals surface area contributed by atoms with Crippen molar-refractivity contribution in [3.8, 4) is 0 Å². The molecule has 1 N–H and O–H groups in total. The summed E-state index contributed by atoms with van der Waals surface area (Å²) in [6.45, 7) is 6.79. The Balaban J connectivity index is 1.61. The van der Waals surface area contributed by atoms with Crippen LogP contribution in [0.4, 0.5) is 10.1 Å². The summed E-state index contributed by atoms with van der Waals surface area (Å²) in [7, 11) is -3.50. The van der Waals surface area contributed by atoms with Crippen LogP contribution >= 0.6 is 0 Å². The Hall–Kier alpha value is -2.25. The molecule has 3 rings (SSSR count). The lowest BCUT2D eigenvalue weighted by Gasteiger charge is -2.31. The van der Waals surface area contributed by atoms with Gasteiger partial charge < -0.3 is 5.32 Å². The van der Waals surface area contributed by atoms with Gasteiger partial charge in [-0.25, -0.2) is 17.1 Å². The van der Waals surface area contributed by atoms with Gasteiger partial charge in [-0.05, 0) is 54.5 Å². The second-order valence-corrected chi connectivity index (χ2v) is 10.2. The van der Waals surface area contributed by atoms with E-state index in [9.17, 15) is 17.6 Å². The Morgan fingerprint density at radius 3 is 2.37 bits per heavy atom. The zero-order valence-electron chi connectivity index (χ0n) is 17.7. The predicted octanol–water partition coefficient (Wildman–Crippen LogP) is 4.44.